The van der Waals surface area contributed by atoms with E-state index in [2.05, 4.69) is 5.32 Å². The maximum Gasteiger partial charge on any atom is 0.292 e. The fraction of sp³-hybridized carbons (Fsp3) is 0.500. The number of nitrogens with two attached hydrogens (primary N) is 1. The van der Waals surface area contributed by atoms with Crippen molar-refractivity contribution >= 4 is 17.5 Å². The SMILES string of the molecule is O=C1C[C@@H]([NH2+]C2CCCCC2)C(=O)N1c1ccc(F)cc1. The van der Waals surface area contributed by atoms with E-state index in [4.69, 9.17) is 0 Å². The van der Waals surface area contributed by atoms with Crippen molar-refractivity contribution in [3.8, 4) is 0 Å². The van der Waals surface area contributed by atoms with E-state index in [-0.39, 0.29) is 30.1 Å². The Balaban J connectivity index is 1.71. The lowest BCUT2D eigenvalue weighted by molar-refractivity contribution is -0.710. The first kappa shape index (κ1) is 14.2. The van der Waals surface area contributed by atoms with Gasteiger partial charge in [0.15, 0.2) is 6.04 Å². The topological polar surface area (TPSA) is 54.0 Å². The molecule has 0 bridgehead atoms. The van der Waals surface area contributed by atoms with E-state index in [1.807, 2.05) is 0 Å². The number of nitrogens with zero attached hydrogens (tertiary/aromatic N) is 1. The number of halogens is 1. The Hall–Kier alpha value is -1.75. The number of rotatable bonds is 3. The maximum atomic E-state index is 13.0. The van der Waals surface area contributed by atoms with Crippen molar-refractivity contribution in [2.24, 2.45) is 0 Å². The van der Waals surface area contributed by atoms with Gasteiger partial charge in [-0.25, -0.2) is 9.29 Å². The molecule has 21 heavy (non-hydrogen) atoms. The standard InChI is InChI=1S/C16H19FN2O2/c17-11-6-8-13(9-7-11)19-15(20)10-14(16(19)21)18-12-4-2-1-3-5-12/h6-9,12,14,18H,1-5,10H2/p+1/t14-/m1/s1. The lowest BCUT2D eigenvalue weighted by atomic mass is 9.95. The third-order valence-electron chi connectivity index (χ3n) is 4.42. The van der Waals surface area contributed by atoms with Gasteiger partial charge in [-0.2, -0.15) is 0 Å². The molecule has 3 rings (SSSR count). The van der Waals surface area contributed by atoms with Crippen molar-refractivity contribution in [2.45, 2.75) is 50.6 Å². The van der Waals surface area contributed by atoms with Crippen molar-refractivity contribution in [2.75, 3.05) is 4.90 Å². The number of amides is 2. The summed E-state index contributed by atoms with van der Waals surface area (Å²) in [6.45, 7) is 0. The van der Waals surface area contributed by atoms with Crippen LogP contribution in [0.15, 0.2) is 24.3 Å². The van der Waals surface area contributed by atoms with Gasteiger partial charge in [0, 0.05) is 0 Å². The number of anilines is 1. The van der Waals surface area contributed by atoms with Gasteiger partial charge in [0.1, 0.15) is 5.82 Å². The number of imide groups is 1. The molecule has 1 atom stereocenters. The number of hydrogen-bond donors (Lipinski definition) is 1. The van der Waals surface area contributed by atoms with Crippen LogP contribution in [-0.2, 0) is 9.59 Å². The van der Waals surface area contributed by atoms with Crippen LogP contribution in [0.3, 0.4) is 0 Å². The van der Waals surface area contributed by atoms with Crippen LogP contribution in [0.4, 0.5) is 10.1 Å². The molecule has 1 saturated carbocycles. The monoisotopic (exact) mass is 291 g/mol. The third kappa shape index (κ3) is 2.97. The van der Waals surface area contributed by atoms with E-state index < -0.39 is 0 Å². The van der Waals surface area contributed by atoms with Gasteiger partial charge in [0.25, 0.3) is 5.91 Å². The number of quaternary nitrogens is 1. The quantitative estimate of drug-likeness (QED) is 0.855. The van der Waals surface area contributed by atoms with Gasteiger partial charge in [-0.3, -0.25) is 9.59 Å². The molecule has 4 nitrogen and oxygen atoms in total. The highest BCUT2D eigenvalue weighted by molar-refractivity contribution is 6.21. The van der Waals surface area contributed by atoms with Crippen LogP contribution in [0.5, 0.6) is 0 Å². The fourth-order valence-corrected chi connectivity index (χ4v) is 3.32. The predicted octanol–water partition coefficient (Wildman–Crippen LogP) is 1.35. The zero-order valence-electron chi connectivity index (χ0n) is 11.9. The highest BCUT2D eigenvalue weighted by atomic mass is 19.1. The molecule has 2 aliphatic rings. The van der Waals surface area contributed by atoms with Crippen LogP contribution in [-0.4, -0.2) is 23.9 Å². The van der Waals surface area contributed by atoms with Crippen LogP contribution in [0, 0.1) is 5.82 Å². The molecule has 1 saturated heterocycles. The normalized spacial score (nSPS) is 23.9. The minimum Gasteiger partial charge on any atom is -0.333 e. The molecule has 1 aromatic rings. The van der Waals surface area contributed by atoms with Crippen LogP contribution < -0.4 is 10.2 Å². The van der Waals surface area contributed by atoms with E-state index in [0.29, 0.717) is 11.7 Å². The molecule has 2 fully saturated rings. The van der Waals surface area contributed by atoms with Crippen molar-refractivity contribution < 1.29 is 19.3 Å². The van der Waals surface area contributed by atoms with Gasteiger partial charge in [-0.1, -0.05) is 6.42 Å². The molecule has 0 aromatic heterocycles. The highest BCUT2D eigenvalue weighted by Gasteiger charge is 2.43. The van der Waals surface area contributed by atoms with Crippen LogP contribution in [0.1, 0.15) is 38.5 Å². The molecule has 5 heteroatoms. The Morgan fingerprint density at radius 1 is 1.05 bits per heavy atom. The molecular weight excluding hydrogens is 271 g/mol. The summed E-state index contributed by atoms with van der Waals surface area (Å²) < 4.78 is 13.0. The molecule has 112 valence electrons. The molecular formula is C16H20FN2O2+. The summed E-state index contributed by atoms with van der Waals surface area (Å²) in [7, 11) is 0. The van der Waals surface area contributed by atoms with Gasteiger partial charge in [0.2, 0.25) is 5.91 Å². The molecule has 2 amide bonds. The molecule has 1 aliphatic carbocycles. The first-order valence-electron chi connectivity index (χ1n) is 7.62. The summed E-state index contributed by atoms with van der Waals surface area (Å²) in [5.74, 6) is -0.732. The molecule has 0 spiro atoms. The first-order valence-corrected chi connectivity index (χ1v) is 7.62. The number of carbonyl (C=O) groups excluding carboxylic acids is 2. The van der Waals surface area contributed by atoms with Gasteiger partial charge in [-0.15, -0.1) is 0 Å². The van der Waals surface area contributed by atoms with Crippen molar-refractivity contribution in [3.05, 3.63) is 30.1 Å². The first-order chi connectivity index (χ1) is 10.1. The average molecular weight is 291 g/mol. The minimum absolute atomic E-state index is 0.169. The lowest BCUT2D eigenvalue weighted by Crippen LogP contribution is -2.96. The fourth-order valence-electron chi connectivity index (χ4n) is 3.32. The number of carbonyl (C=O) groups is 2. The molecule has 0 unspecified atom stereocenters. The maximum absolute atomic E-state index is 13.0. The smallest absolute Gasteiger partial charge is 0.292 e. The molecule has 2 N–H and O–H groups in total. The van der Waals surface area contributed by atoms with E-state index in [1.54, 1.807) is 0 Å². The lowest BCUT2D eigenvalue weighted by Gasteiger charge is -2.22. The summed E-state index contributed by atoms with van der Waals surface area (Å²) in [5, 5.41) is 2.07. The third-order valence-corrected chi connectivity index (χ3v) is 4.42. The van der Waals surface area contributed by atoms with Crippen molar-refractivity contribution in [1.29, 1.82) is 0 Å². The Morgan fingerprint density at radius 2 is 1.71 bits per heavy atom. The second-order valence-corrected chi connectivity index (χ2v) is 5.94. The Labute approximate surface area is 123 Å². The Bertz CT molecular complexity index is 538. The molecule has 1 aromatic carbocycles. The largest absolute Gasteiger partial charge is 0.333 e. The summed E-state index contributed by atoms with van der Waals surface area (Å²) in [4.78, 5) is 25.8. The Morgan fingerprint density at radius 3 is 2.38 bits per heavy atom. The van der Waals surface area contributed by atoms with Crippen LogP contribution in [0.25, 0.3) is 0 Å². The summed E-state index contributed by atoms with van der Waals surface area (Å²) >= 11 is 0. The summed E-state index contributed by atoms with van der Waals surface area (Å²) in [6.07, 6.45) is 6.16. The zero-order valence-corrected chi connectivity index (χ0v) is 11.9. The van der Waals surface area contributed by atoms with E-state index in [9.17, 15) is 14.0 Å². The van der Waals surface area contributed by atoms with E-state index in [0.717, 1.165) is 12.8 Å². The number of benzene rings is 1. The van der Waals surface area contributed by atoms with Gasteiger partial charge in [0.05, 0.1) is 18.2 Å². The molecule has 0 radical (unpaired) electrons. The van der Waals surface area contributed by atoms with E-state index >= 15 is 0 Å². The van der Waals surface area contributed by atoms with E-state index in [1.165, 1.54) is 48.4 Å². The van der Waals surface area contributed by atoms with Gasteiger partial charge in [-0.05, 0) is 49.9 Å². The van der Waals surface area contributed by atoms with Crippen LogP contribution >= 0.6 is 0 Å². The highest BCUT2D eigenvalue weighted by Crippen LogP contribution is 2.22. The summed E-state index contributed by atoms with van der Waals surface area (Å²) in [6, 6.07) is 5.64. The van der Waals surface area contributed by atoms with Crippen molar-refractivity contribution in [1.82, 2.24) is 0 Å². The minimum atomic E-state index is -0.372. The van der Waals surface area contributed by atoms with Crippen LogP contribution in [0.2, 0.25) is 0 Å². The zero-order chi connectivity index (χ0) is 14.8. The predicted molar refractivity (Wildman–Crippen MR) is 76.1 cm³/mol. The molecule has 1 heterocycles. The number of hydrogen-bond acceptors (Lipinski definition) is 2. The average Bonchev–Trinajstić information content (AvgIpc) is 2.76. The Kier molecular flexibility index (Phi) is 4.01. The second-order valence-electron chi connectivity index (χ2n) is 5.94. The van der Waals surface area contributed by atoms with Gasteiger partial charge >= 0.3 is 0 Å². The summed E-state index contributed by atoms with van der Waals surface area (Å²) in [5.41, 5.74) is 0.464. The van der Waals surface area contributed by atoms with Crippen molar-refractivity contribution in [3.63, 3.8) is 0 Å². The molecule has 1 aliphatic heterocycles. The van der Waals surface area contributed by atoms with Gasteiger partial charge < -0.3 is 5.32 Å². The second kappa shape index (κ2) is 5.93.